The molecule has 31 heavy (non-hydrogen) atoms. The molecule has 1 fully saturated rings. The SMILES string of the molecule is COCCOc1ccccc1C(=O)Nc1ccc(S(=O)(=O)N(C)C2CCCCC2)cc1. The van der Waals surface area contributed by atoms with Crippen molar-refractivity contribution in [3.63, 3.8) is 0 Å². The van der Waals surface area contributed by atoms with E-state index >= 15 is 0 Å². The molecular formula is C23H30N2O5S. The zero-order valence-corrected chi connectivity index (χ0v) is 18.9. The fourth-order valence-electron chi connectivity index (χ4n) is 3.73. The number of ether oxygens (including phenoxy) is 2. The van der Waals surface area contributed by atoms with Gasteiger partial charge in [-0.1, -0.05) is 31.4 Å². The summed E-state index contributed by atoms with van der Waals surface area (Å²) in [5.41, 5.74) is 0.906. The number of carbonyl (C=O) groups excluding carboxylic acids is 1. The predicted molar refractivity (Wildman–Crippen MR) is 120 cm³/mol. The predicted octanol–water partition coefficient (Wildman–Crippen LogP) is 3.92. The van der Waals surface area contributed by atoms with Crippen molar-refractivity contribution in [3.05, 3.63) is 54.1 Å². The fourth-order valence-corrected chi connectivity index (χ4v) is 5.15. The molecule has 0 unspecified atom stereocenters. The van der Waals surface area contributed by atoms with Crippen LogP contribution in [0.1, 0.15) is 42.5 Å². The molecule has 1 N–H and O–H groups in total. The van der Waals surface area contributed by atoms with E-state index in [1.54, 1.807) is 50.6 Å². The van der Waals surface area contributed by atoms with E-state index in [0.717, 1.165) is 25.7 Å². The number of nitrogens with one attached hydrogen (secondary N) is 1. The van der Waals surface area contributed by atoms with Gasteiger partial charge in [0.15, 0.2) is 0 Å². The minimum Gasteiger partial charge on any atom is -0.490 e. The minimum atomic E-state index is -3.57. The molecule has 0 aliphatic heterocycles. The number of methoxy groups -OCH3 is 1. The summed E-state index contributed by atoms with van der Waals surface area (Å²) in [6, 6.07) is 13.3. The molecule has 0 aromatic heterocycles. The van der Waals surface area contributed by atoms with Gasteiger partial charge in [0.2, 0.25) is 10.0 Å². The molecule has 1 amide bonds. The van der Waals surface area contributed by atoms with Gasteiger partial charge in [-0.3, -0.25) is 4.79 Å². The summed E-state index contributed by atoms with van der Waals surface area (Å²) in [6.07, 6.45) is 5.09. The second-order valence-electron chi connectivity index (χ2n) is 7.63. The summed E-state index contributed by atoms with van der Waals surface area (Å²) in [7, 11) is -0.330. The lowest BCUT2D eigenvalue weighted by molar-refractivity contribution is 0.101. The Kier molecular flexibility index (Phi) is 8.06. The van der Waals surface area contributed by atoms with E-state index < -0.39 is 10.0 Å². The normalized spacial score (nSPS) is 15.1. The lowest BCUT2D eigenvalue weighted by atomic mass is 9.96. The zero-order chi connectivity index (χ0) is 22.3. The van der Waals surface area contributed by atoms with Crippen LogP contribution in [0.3, 0.4) is 0 Å². The fraction of sp³-hybridized carbons (Fsp3) is 0.435. The van der Waals surface area contributed by atoms with E-state index in [4.69, 9.17) is 9.47 Å². The van der Waals surface area contributed by atoms with Crippen LogP contribution in [-0.2, 0) is 14.8 Å². The quantitative estimate of drug-likeness (QED) is 0.590. The number of nitrogens with zero attached hydrogens (tertiary/aromatic N) is 1. The molecule has 8 heteroatoms. The average molecular weight is 447 g/mol. The minimum absolute atomic E-state index is 0.0488. The molecular weight excluding hydrogens is 416 g/mol. The van der Waals surface area contributed by atoms with Crippen molar-refractivity contribution < 1.29 is 22.7 Å². The Morgan fingerprint density at radius 3 is 2.39 bits per heavy atom. The first kappa shape index (κ1) is 23.2. The van der Waals surface area contributed by atoms with Crippen LogP contribution in [0.15, 0.2) is 53.4 Å². The number of hydrogen-bond donors (Lipinski definition) is 1. The largest absolute Gasteiger partial charge is 0.490 e. The van der Waals surface area contributed by atoms with Gasteiger partial charge in [0.25, 0.3) is 5.91 Å². The van der Waals surface area contributed by atoms with Gasteiger partial charge in [0, 0.05) is 25.9 Å². The molecule has 3 rings (SSSR count). The number of para-hydroxylation sites is 1. The van der Waals surface area contributed by atoms with E-state index in [0.29, 0.717) is 30.2 Å². The van der Waals surface area contributed by atoms with Gasteiger partial charge in [-0.25, -0.2) is 8.42 Å². The molecule has 1 aliphatic rings. The maximum absolute atomic E-state index is 13.0. The highest BCUT2D eigenvalue weighted by atomic mass is 32.2. The van der Waals surface area contributed by atoms with Crippen molar-refractivity contribution in [2.24, 2.45) is 0 Å². The molecule has 0 bridgehead atoms. The number of sulfonamides is 1. The molecule has 0 saturated heterocycles. The second-order valence-corrected chi connectivity index (χ2v) is 9.63. The molecule has 0 radical (unpaired) electrons. The Hall–Kier alpha value is -2.42. The van der Waals surface area contributed by atoms with Gasteiger partial charge >= 0.3 is 0 Å². The van der Waals surface area contributed by atoms with E-state index in [1.165, 1.54) is 22.9 Å². The monoisotopic (exact) mass is 446 g/mol. The number of carbonyl (C=O) groups is 1. The average Bonchev–Trinajstić information content (AvgIpc) is 2.80. The summed E-state index contributed by atoms with van der Waals surface area (Å²) in [6.45, 7) is 0.753. The lowest BCUT2D eigenvalue weighted by Crippen LogP contribution is -2.38. The van der Waals surface area contributed by atoms with Crippen molar-refractivity contribution in [1.82, 2.24) is 4.31 Å². The standard InChI is InChI=1S/C23H30N2O5S/c1-25(19-8-4-3-5-9-19)31(27,28)20-14-12-18(13-15-20)24-23(26)21-10-6-7-11-22(21)30-17-16-29-2/h6-7,10-15,19H,3-5,8-9,16-17H2,1-2H3,(H,24,26). The van der Waals surface area contributed by atoms with E-state index in [9.17, 15) is 13.2 Å². The Balaban J connectivity index is 1.69. The van der Waals surface area contributed by atoms with E-state index in [-0.39, 0.29) is 16.8 Å². The molecule has 2 aromatic carbocycles. The van der Waals surface area contributed by atoms with E-state index in [1.807, 2.05) is 0 Å². The highest BCUT2D eigenvalue weighted by Gasteiger charge is 2.29. The lowest BCUT2D eigenvalue weighted by Gasteiger charge is -2.30. The number of amides is 1. The molecule has 0 atom stereocenters. The van der Waals surface area contributed by atoms with Crippen molar-refractivity contribution in [1.29, 1.82) is 0 Å². The maximum atomic E-state index is 13.0. The van der Waals surface area contributed by atoms with Crippen LogP contribution in [0.5, 0.6) is 5.75 Å². The summed E-state index contributed by atoms with van der Waals surface area (Å²) in [4.78, 5) is 12.9. The maximum Gasteiger partial charge on any atom is 0.259 e. The Morgan fingerprint density at radius 2 is 1.71 bits per heavy atom. The van der Waals surface area contributed by atoms with Crippen molar-refractivity contribution in [2.75, 3.05) is 32.7 Å². The number of rotatable bonds is 9. The molecule has 168 valence electrons. The molecule has 0 spiro atoms. The summed E-state index contributed by atoms with van der Waals surface area (Å²) in [5.74, 6) is 0.133. The van der Waals surface area contributed by atoms with Crippen LogP contribution < -0.4 is 10.1 Å². The van der Waals surface area contributed by atoms with Gasteiger partial charge in [-0.2, -0.15) is 4.31 Å². The highest BCUT2D eigenvalue weighted by molar-refractivity contribution is 7.89. The topological polar surface area (TPSA) is 84.9 Å². The third kappa shape index (κ3) is 5.84. The zero-order valence-electron chi connectivity index (χ0n) is 18.0. The van der Waals surface area contributed by atoms with Crippen molar-refractivity contribution in [3.8, 4) is 5.75 Å². The second kappa shape index (κ2) is 10.7. The van der Waals surface area contributed by atoms with Crippen LogP contribution >= 0.6 is 0 Å². The molecule has 0 heterocycles. The number of anilines is 1. The molecule has 2 aromatic rings. The molecule has 1 saturated carbocycles. The van der Waals surface area contributed by atoms with Gasteiger partial charge in [0.1, 0.15) is 12.4 Å². The third-order valence-electron chi connectivity index (χ3n) is 5.55. The first-order valence-electron chi connectivity index (χ1n) is 10.5. The van der Waals surface area contributed by atoms with Crippen LogP contribution in [0.25, 0.3) is 0 Å². The van der Waals surface area contributed by atoms with Gasteiger partial charge in [-0.15, -0.1) is 0 Å². The van der Waals surface area contributed by atoms with Gasteiger partial charge in [-0.05, 0) is 49.2 Å². The first-order chi connectivity index (χ1) is 14.9. The van der Waals surface area contributed by atoms with Crippen LogP contribution in [-0.4, -0.2) is 52.0 Å². The van der Waals surface area contributed by atoms with Gasteiger partial charge < -0.3 is 14.8 Å². The van der Waals surface area contributed by atoms with Crippen LogP contribution in [0.2, 0.25) is 0 Å². The summed E-state index contributed by atoms with van der Waals surface area (Å²) in [5, 5.41) is 2.80. The van der Waals surface area contributed by atoms with Gasteiger partial charge in [0.05, 0.1) is 17.1 Å². The highest BCUT2D eigenvalue weighted by Crippen LogP contribution is 2.27. The van der Waals surface area contributed by atoms with E-state index in [2.05, 4.69) is 5.32 Å². The third-order valence-corrected chi connectivity index (χ3v) is 7.48. The van der Waals surface area contributed by atoms with Crippen LogP contribution in [0.4, 0.5) is 5.69 Å². The molecule has 7 nitrogen and oxygen atoms in total. The van der Waals surface area contributed by atoms with Crippen molar-refractivity contribution in [2.45, 2.75) is 43.0 Å². The summed E-state index contributed by atoms with van der Waals surface area (Å²) < 4.78 is 38.0. The number of benzene rings is 2. The van der Waals surface area contributed by atoms with Crippen LogP contribution in [0, 0.1) is 0 Å². The Labute approximate surface area is 184 Å². The van der Waals surface area contributed by atoms with Crippen molar-refractivity contribution >= 4 is 21.6 Å². The Bertz CT molecular complexity index is 970. The summed E-state index contributed by atoms with van der Waals surface area (Å²) >= 11 is 0. The first-order valence-corrected chi connectivity index (χ1v) is 12.0. The molecule has 1 aliphatic carbocycles. The number of hydrogen-bond acceptors (Lipinski definition) is 5. The Morgan fingerprint density at radius 1 is 1.03 bits per heavy atom. The smallest absolute Gasteiger partial charge is 0.259 e.